The summed E-state index contributed by atoms with van der Waals surface area (Å²) in [6.07, 6.45) is 22.4. The Morgan fingerprint density at radius 2 is 1.21 bits per heavy atom. The molecule has 0 aliphatic carbocycles. The van der Waals surface area contributed by atoms with E-state index >= 15 is 0 Å². The Morgan fingerprint density at radius 3 is 1.79 bits per heavy atom. The van der Waals surface area contributed by atoms with Crippen LogP contribution in [0.3, 0.4) is 0 Å². The third kappa shape index (κ3) is 22.6. The van der Waals surface area contributed by atoms with Crippen LogP contribution < -0.4 is 5.32 Å². The molecule has 0 saturated carbocycles. The van der Waals surface area contributed by atoms with Gasteiger partial charge in [-0.25, -0.2) is 9.78 Å². The van der Waals surface area contributed by atoms with Gasteiger partial charge in [0.05, 0.1) is 33.3 Å². The Labute approximate surface area is 206 Å². The van der Waals surface area contributed by atoms with Crippen molar-refractivity contribution < 1.29 is 19.1 Å². The van der Waals surface area contributed by atoms with Crippen LogP contribution in [0.15, 0.2) is 12.2 Å². The summed E-state index contributed by atoms with van der Waals surface area (Å²) in [6, 6.07) is 0. The fourth-order valence-electron chi connectivity index (χ4n) is 4.10. The maximum absolute atomic E-state index is 11.9. The molecule has 0 rings (SSSR count). The van der Waals surface area contributed by atoms with Gasteiger partial charge in [0.15, 0.2) is 0 Å². The van der Waals surface area contributed by atoms with Crippen LogP contribution in [0.25, 0.3) is 0 Å². The summed E-state index contributed by atoms with van der Waals surface area (Å²) in [7, 11) is 2.36. The number of unbranched alkanes of at least 4 members (excludes halogenated alkanes) is 11. The molecule has 0 bridgehead atoms. The second-order valence-electron chi connectivity index (χ2n) is 9.83. The lowest BCUT2D eigenvalue weighted by molar-refractivity contribution is -0.910. The van der Waals surface area contributed by atoms with E-state index in [1.807, 2.05) is 0 Å². The topological polar surface area (TPSA) is 47.6 Å². The van der Waals surface area contributed by atoms with Crippen molar-refractivity contribution in [2.75, 3.05) is 46.4 Å². The van der Waals surface area contributed by atoms with Crippen LogP contribution in [-0.2, 0) is 14.6 Å². The number of hydrogen-bond donors (Lipinski definition) is 1. The second kappa shape index (κ2) is 24.2. The van der Waals surface area contributed by atoms with Crippen molar-refractivity contribution in [1.29, 1.82) is 0 Å². The normalized spacial score (nSPS) is 12.0. The van der Waals surface area contributed by atoms with Crippen molar-refractivity contribution in [2.24, 2.45) is 0 Å². The molecule has 0 saturated heterocycles. The minimum atomic E-state index is -0.0513. The van der Waals surface area contributed by atoms with Crippen LogP contribution in [0.1, 0.15) is 117 Å². The number of hydrogen-bond acceptors (Lipinski definition) is 3. The monoisotopic (exact) mass is 469 g/mol. The summed E-state index contributed by atoms with van der Waals surface area (Å²) in [5.41, 5.74) is 0. The molecule has 0 fully saturated rings. The van der Waals surface area contributed by atoms with Crippen molar-refractivity contribution in [3.8, 4) is 0 Å². The maximum Gasteiger partial charge on any atom is 0.243 e. The third-order valence-electron chi connectivity index (χ3n) is 6.38. The smallest absolute Gasteiger partial charge is 0.243 e. The molecule has 33 heavy (non-hydrogen) atoms. The summed E-state index contributed by atoms with van der Waals surface area (Å²) >= 11 is 0. The first-order valence-electron chi connectivity index (χ1n) is 14.1. The summed E-state index contributed by atoms with van der Waals surface area (Å²) in [5, 5.41) is 2.98. The lowest BCUT2D eigenvalue weighted by atomic mass is 10.1. The van der Waals surface area contributed by atoms with E-state index in [9.17, 15) is 4.79 Å². The van der Waals surface area contributed by atoms with Gasteiger partial charge in [-0.05, 0) is 19.3 Å². The molecule has 0 aliphatic heterocycles. The highest BCUT2D eigenvalue weighted by atomic mass is 17.2. The average Bonchev–Trinajstić information content (AvgIpc) is 2.82. The van der Waals surface area contributed by atoms with Crippen LogP contribution in [0, 0.1) is 0 Å². The largest absolute Gasteiger partial charge is 0.352 e. The highest BCUT2D eigenvalue weighted by Crippen LogP contribution is 2.11. The standard InChI is InChI=1S/C28H56N2O3/c1-5-8-11-12-13-14-15-16-17-18-26-32-33-27-19-21-28(31)29-22-20-25-30(4,23-9-6-2)24-10-7-3/h19,21H,5-18,20,22-27H2,1-4H3/p+1/b21-19+. The molecule has 1 amide bonds. The first kappa shape index (κ1) is 32.1. The third-order valence-corrected chi connectivity index (χ3v) is 6.38. The van der Waals surface area contributed by atoms with E-state index in [0.29, 0.717) is 13.2 Å². The van der Waals surface area contributed by atoms with Crippen LogP contribution in [-0.4, -0.2) is 56.8 Å². The summed E-state index contributed by atoms with van der Waals surface area (Å²) in [6.45, 7) is 12.0. The molecule has 196 valence electrons. The molecule has 0 aromatic carbocycles. The van der Waals surface area contributed by atoms with Gasteiger partial charge in [-0.1, -0.05) is 97.5 Å². The molecular weight excluding hydrogens is 412 g/mol. The lowest BCUT2D eigenvalue weighted by Crippen LogP contribution is -2.47. The molecule has 0 unspecified atom stereocenters. The van der Waals surface area contributed by atoms with Gasteiger partial charge in [0.1, 0.15) is 6.61 Å². The van der Waals surface area contributed by atoms with Crippen LogP contribution in [0.2, 0.25) is 0 Å². The second-order valence-corrected chi connectivity index (χ2v) is 9.83. The van der Waals surface area contributed by atoms with Crippen molar-refractivity contribution >= 4 is 5.91 Å². The Morgan fingerprint density at radius 1 is 0.697 bits per heavy atom. The van der Waals surface area contributed by atoms with Crippen molar-refractivity contribution in [1.82, 2.24) is 5.32 Å². The molecule has 0 aliphatic rings. The number of nitrogens with one attached hydrogen (secondary N) is 1. The van der Waals surface area contributed by atoms with Crippen LogP contribution >= 0.6 is 0 Å². The van der Waals surface area contributed by atoms with E-state index in [0.717, 1.165) is 30.4 Å². The lowest BCUT2D eigenvalue weighted by Gasteiger charge is -2.35. The van der Waals surface area contributed by atoms with Gasteiger partial charge in [0.25, 0.3) is 0 Å². The number of amides is 1. The molecule has 0 aromatic heterocycles. The SMILES string of the molecule is CCCCCCCCCCCCOOC/C=C/C(=O)NCCC[N+](C)(CCCC)CCCC. The molecule has 1 N–H and O–H groups in total. The molecule has 5 nitrogen and oxygen atoms in total. The van der Waals surface area contributed by atoms with Gasteiger partial charge in [0, 0.05) is 19.0 Å². The van der Waals surface area contributed by atoms with Gasteiger partial charge in [-0.2, -0.15) is 0 Å². The predicted molar refractivity (Wildman–Crippen MR) is 141 cm³/mol. The van der Waals surface area contributed by atoms with Gasteiger partial charge < -0.3 is 9.80 Å². The maximum atomic E-state index is 11.9. The minimum Gasteiger partial charge on any atom is -0.352 e. The van der Waals surface area contributed by atoms with E-state index in [1.165, 1.54) is 96.6 Å². The first-order chi connectivity index (χ1) is 16.1. The Hall–Kier alpha value is -0.910. The number of rotatable bonds is 25. The molecule has 0 atom stereocenters. The fraction of sp³-hybridized carbons (Fsp3) is 0.893. The Balaban J connectivity index is 3.58. The van der Waals surface area contributed by atoms with E-state index in [1.54, 1.807) is 12.2 Å². The van der Waals surface area contributed by atoms with Gasteiger partial charge in [-0.3, -0.25) is 4.79 Å². The minimum absolute atomic E-state index is 0.0513. The van der Waals surface area contributed by atoms with E-state index in [4.69, 9.17) is 9.78 Å². The zero-order chi connectivity index (χ0) is 24.5. The average molecular weight is 470 g/mol. The number of carbonyl (C=O) groups excluding carboxylic acids is 1. The molecular formula is C28H57N2O3+. The van der Waals surface area contributed by atoms with E-state index in [2.05, 4.69) is 33.1 Å². The van der Waals surface area contributed by atoms with Crippen molar-refractivity contribution in [2.45, 2.75) is 117 Å². The van der Waals surface area contributed by atoms with Gasteiger partial charge in [0.2, 0.25) is 5.91 Å². The molecule has 0 radical (unpaired) electrons. The molecule has 5 heteroatoms. The van der Waals surface area contributed by atoms with E-state index < -0.39 is 0 Å². The van der Waals surface area contributed by atoms with E-state index in [-0.39, 0.29) is 5.91 Å². The van der Waals surface area contributed by atoms with Crippen molar-refractivity contribution in [3.63, 3.8) is 0 Å². The first-order valence-corrected chi connectivity index (χ1v) is 14.1. The highest BCUT2D eigenvalue weighted by Gasteiger charge is 2.19. The van der Waals surface area contributed by atoms with Crippen LogP contribution in [0.4, 0.5) is 0 Å². The summed E-state index contributed by atoms with van der Waals surface area (Å²) in [4.78, 5) is 22.3. The Kier molecular flexibility index (Phi) is 23.6. The molecule has 0 aromatic rings. The zero-order valence-corrected chi connectivity index (χ0v) is 22.7. The Bertz CT molecular complexity index is 446. The molecule has 0 spiro atoms. The molecule has 0 heterocycles. The van der Waals surface area contributed by atoms with Crippen molar-refractivity contribution in [3.05, 3.63) is 12.2 Å². The predicted octanol–water partition coefficient (Wildman–Crippen LogP) is 6.96. The summed E-state index contributed by atoms with van der Waals surface area (Å²) < 4.78 is 1.12. The van der Waals surface area contributed by atoms with Gasteiger partial charge >= 0.3 is 0 Å². The summed E-state index contributed by atoms with van der Waals surface area (Å²) in [5.74, 6) is -0.0513. The number of nitrogens with zero attached hydrogens (tertiary/aromatic N) is 1. The highest BCUT2D eigenvalue weighted by molar-refractivity contribution is 5.87. The number of carbonyl (C=O) groups is 1. The fourth-order valence-corrected chi connectivity index (χ4v) is 4.10. The zero-order valence-electron chi connectivity index (χ0n) is 22.7. The quantitative estimate of drug-likeness (QED) is 0.0516. The number of quaternary nitrogens is 1. The van der Waals surface area contributed by atoms with Crippen LogP contribution in [0.5, 0.6) is 0 Å². The van der Waals surface area contributed by atoms with Gasteiger partial charge in [-0.15, -0.1) is 0 Å².